The van der Waals surface area contributed by atoms with E-state index in [0.29, 0.717) is 31.2 Å². The SMILES string of the molecule is CC(C)[C@H]1C/C=C\C[C@H](O)[C@@H]2CC[C@H]2CN2C[C@@]3(CCCc4cc(Cl)ccc43)COc3ccc(cc32)C(=O)NS1(=O)=O. The number of sulfonamides is 1. The molecular weight excluding hydrogens is 572 g/mol. The highest BCUT2D eigenvalue weighted by atomic mass is 35.5. The van der Waals surface area contributed by atoms with Crippen LogP contribution < -0.4 is 14.4 Å². The number of benzene rings is 2. The van der Waals surface area contributed by atoms with E-state index in [1.807, 2.05) is 32.1 Å². The molecule has 2 aromatic rings. The third-order valence-corrected chi connectivity index (χ3v) is 12.3. The number of aryl methyl sites for hydroxylation is 1. The first-order valence-corrected chi connectivity index (χ1v) is 17.2. The fourth-order valence-electron chi connectivity index (χ4n) is 7.53. The van der Waals surface area contributed by atoms with E-state index in [1.165, 1.54) is 11.1 Å². The molecule has 1 saturated carbocycles. The summed E-state index contributed by atoms with van der Waals surface area (Å²) in [7, 11) is -3.94. The number of carbonyl (C=O) groups is 1. The van der Waals surface area contributed by atoms with Gasteiger partial charge in [0.05, 0.1) is 23.6 Å². The van der Waals surface area contributed by atoms with Gasteiger partial charge in [-0.15, -0.1) is 0 Å². The number of fused-ring (bicyclic) bond motifs is 4. The minimum atomic E-state index is -3.94. The van der Waals surface area contributed by atoms with Gasteiger partial charge >= 0.3 is 0 Å². The van der Waals surface area contributed by atoms with E-state index in [9.17, 15) is 18.3 Å². The van der Waals surface area contributed by atoms with E-state index in [4.69, 9.17) is 16.3 Å². The predicted molar refractivity (Wildman–Crippen MR) is 166 cm³/mol. The molecule has 1 fully saturated rings. The van der Waals surface area contributed by atoms with Crippen LogP contribution in [0.25, 0.3) is 0 Å². The van der Waals surface area contributed by atoms with Crippen molar-refractivity contribution in [1.29, 1.82) is 0 Å². The van der Waals surface area contributed by atoms with Gasteiger partial charge in [-0.3, -0.25) is 4.79 Å². The van der Waals surface area contributed by atoms with Gasteiger partial charge in [-0.25, -0.2) is 13.1 Å². The summed E-state index contributed by atoms with van der Waals surface area (Å²) >= 11 is 6.39. The lowest BCUT2D eigenvalue weighted by molar-refractivity contribution is 0.0177. The van der Waals surface area contributed by atoms with Crippen LogP contribution in [0.15, 0.2) is 48.6 Å². The second-order valence-electron chi connectivity index (χ2n) is 13.1. The molecule has 2 heterocycles. The highest BCUT2D eigenvalue weighted by molar-refractivity contribution is 7.90. The first kappa shape index (κ1) is 29.5. The quantitative estimate of drug-likeness (QED) is 0.405. The fraction of sp³-hybridized carbons (Fsp3) is 0.545. The number of carbonyl (C=O) groups excluding carboxylic acids is 1. The molecule has 5 atom stereocenters. The minimum absolute atomic E-state index is 0.166. The molecule has 1 amide bonds. The maximum atomic E-state index is 13.4. The molecular formula is C33H41ClN2O5S. The zero-order valence-electron chi connectivity index (χ0n) is 24.4. The molecule has 0 saturated heterocycles. The summed E-state index contributed by atoms with van der Waals surface area (Å²) in [5.74, 6) is 0.333. The van der Waals surface area contributed by atoms with Crippen LogP contribution in [0.1, 0.15) is 73.9 Å². The van der Waals surface area contributed by atoms with Gasteiger partial charge in [0, 0.05) is 29.1 Å². The highest BCUT2D eigenvalue weighted by Gasteiger charge is 2.44. The van der Waals surface area contributed by atoms with Gasteiger partial charge in [0.15, 0.2) is 0 Å². The molecule has 42 heavy (non-hydrogen) atoms. The van der Waals surface area contributed by atoms with Crippen LogP contribution in [0.3, 0.4) is 0 Å². The lowest BCUT2D eigenvalue weighted by Gasteiger charge is -2.45. The number of allylic oxidation sites excluding steroid dienone is 1. The average Bonchev–Trinajstić information content (AvgIpc) is 3.06. The Morgan fingerprint density at radius 2 is 1.93 bits per heavy atom. The van der Waals surface area contributed by atoms with Crippen molar-refractivity contribution in [1.82, 2.24) is 4.72 Å². The Hall–Kier alpha value is -2.55. The van der Waals surface area contributed by atoms with Crippen LogP contribution in [0.5, 0.6) is 5.75 Å². The molecule has 2 bridgehead atoms. The molecule has 0 radical (unpaired) electrons. The van der Waals surface area contributed by atoms with Crippen molar-refractivity contribution in [3.63, 3.8) is 0 Å². The van der Waals surface area contributed by atoms with Gasteiger partial charge in [-0.1, -0.05) is 43.7 Å². The van der Waals surface area contributed by atoms with Gasteiger partial charge in [0.1, 0.15) is 5.75 Å². The summed E-state index contributed by atoms with van der Waals surface area (Å²) in [6.45, 7) is 5.62. The first-order valence-electron chi connectivity index (χ1n) is 15.3. The molecule has 2 N–H and O–H groups in total. The lowest BCUT2D eigenvalue weighted by Crippen LogP contribution is -2.49. The third-order valence-electron chi connectivity index (χ3n) is 10.0. The monoisotopic (exact) mass is 612 g/mol. The van der Waals surface area contributed by atoms with Crippen LogP contribution >= 0.6 is 11.6 Å². The summed E-state index contributed by atoms with van der Waals surface area (Å²) in [5.41, 5.74) is 3.34. The topological polar surface area (TPSA) is 95.9 Å². The smallest absolute Gasteiger partial charge is 0.264 e. The van der Waals surface area contributed by atoms with Crippen LogP contribution in [0.2, 0.25) is 5.02 Å². The van der Waals surface area contributed by atoms with Crippen molar-refractivity contribution in [3.05, 3.63) is 70.3 Å². The molecule has 226 valence electrons. The van der Waals surface area contributed by atoms with Crippen molar-refractivity contribution in [2.45, 2.75) is 75.6 Å². The molecule has 2 aromatic carbocycles. The van der Waals surface area contributed by atoms with Crippen molar-refractivity contribution >= 4 is 33.2 Å². The largest absolute Gasteiger partial charge is 0.490 e. The van der Waals surface area contributed by atoms with E-state index < -0.39 is 27.3 Å². The number of anilines is 1. The lowest BCUT2D eigenvalue weighted by atomic mass is 9.68. The minimum Gasteiger partial charge on any atom is -0.490 e. The molecule has 1 spiro atoms. The Balaban J connectivity index is 1.42. The van der Waals surface area contributed by atoms with Crippen molar-refractivity contribution in [3.8, 4) is 5.75 Å². The Kier molecular flexibility index (Phi) is 8.09. The highest BCUT2D eigenvalue weighted by Crippen LogP contribution is 2.47. The molecule has 7 nitrogen and oxygen atoms in total. The van der Waals surface area contributed by atoms with E-state index in [2.05, 4.69) is 21.8 Å². The molecule has 0 aromatic heterocycles. The maximum absolute atomic E-state index is 13.4. The number of amides is 1. The molecule has 9 heteroatoms. The first-order chi connectivity index (χ1) is 20.1. The van der Waals surface area contributed by atoms with E-state index in [1.54, 1.807) is 18.2 Å². The molecule has 4 aliphatic rings. The summed E-state index contributed by atoms with van der Waals surface area (Å²) in [5, 5.41) is 11.1. The Labute approximate surface area is 254 Å². The molecule has 0 unspecified atom stereocenters. The Bertz CT molecular complexity index is 1490. The summed E-state index contributed by atoms with van der Waals surface area (Å²) in [4.78, 5) is 15.7. The van der Waals surface area contributed by atoms with Crippen LogP contribution in [-0.4, -0.2) is 50.5 Å². The van der Waals surface area contributed by atoms with Gasteiger partial charge in [-0.05, 0) is 104 Å². The predicted octanol–water partition coefficient (Wildman–Crippen LogP) is 5.63. The van der Waals surface area contributed by atoms with Crippen LogP contribution in [0, 0.1) is 17.8 Å². The number of nitrogens with one attached hydrogen (secondary N) is 1. The number of halogens is 1. The van der Waals surface area contributed by atoms with Crippen molar-refractivity contribution < 1.29 is 23.1 Å². The second-order valence-corrected chi connectivity index (χ2v) is 15.4. The van der Waals surface area contributed by atoms with E-state index >= 15 is 0 Å². The van der Waals surface area contributed by atoms with Crippen molar-refractivity contribution in [2.75, 3.05) is 24.6 Å². The molecule has 6 rings (SSSR count). The van der Waals surface area contributed by atoms with Crippen LogP contribution in [-0.2, 0) is 21.9 Å². The molecule has 2 aliphatic heterocycles. The maximum Gasteiger partial charge on any atom is 0.264 e. The fourth-order valence-corrected chi connectivity index (χ4v) is 9.33. The number of hydrogen-bond acceptors (Lipinski definition) is 6. The number of nitrogens with zero attached hydrogens (tertiary/aromatic N) is 1. The number of ether oxygens (including phenoxy) is 1. The van der Waals surface area contributed by atoms with Gasteiger partial charge < -0.3 is 14.7 Å². The number of rotatable bonds is 1. The Morgan fingerprint density at radius 3 is 2.69 bits per heavy atom. The van der Waals surface area contributed by atoms with Gasteiger partial charge in [-0.2, -0.15) is 0 Å². The summed E-state index contributed by atoms with van der Waals surface area (Å²) < 4.78 is 35.6. The van der Waals surface area contributed by atoms with E-state index in [-0.39, 0.29) is 29.2 Å². The average molecular weight is 613 g/mol. The number of aliphatic hydroxyl groups excluding tert-OH is 1. The number of hydrogen-bond donors (Lipinski definition) is 2. The molecule has 2 aliphatic carbocycles. The second kappa shape index (κ2) is 11.5. The summed E-state index contributed by atoms with van der Waals surface area (Å²) in [6, 6.07) is 11.4. The van der Waals surface area contributed by atoms with Crippen LogP contribution in [0.4, 0.5) is 5.69 Å². The zero-order chi connectivity index (χ0) is 29.6. The van der Waals surface area contributed by atoms with E-state index in [0.717, 1.165) is 49.4 Å². The zero-order valence-corrected chi connectivity index (χ0v) is 26.0. The standard InChI is InChI=1S/C33H41ClN2O5S/c1-21(2)31-8-4-3-7-29(37)26-12-9-24(26)18-36-19-33(15-5-6-22-16-25(34)11-13-27(22)33)20-41-30-14-10-23(17-28(30)36)32(38)35-42(31,39)40/h3-4,10-11,13-14,16-17,21,24,26,29,31,37H,5-9,12,15,18-20H2,1-2H3,(H,35,38)/b4-3-/t24-,26+,29-,31+,33-/m0/s1. The third kappa shape index (κ3) is 5.58. The van der Waals surface area contributed by atoms with Crippen molar-refractivity contribution in [2.24, 2.45) is 17.8 Å². The normalized spacial score (nSPS) is 31.6. The number of aliphatic hydroxyl groups is 1. The van der Waals surface area contributed by atoms with Gasteiger partial charge in [0.2, 0.25) is 10.0 Å². The Morgan fingerprint density at radius 1 is 1.12 bits per heavy atom. The summed E-state index contributed by atoms with van der Waals surface area (Å²) in [6.07, 6.45) is 9.00. The van der Waals surface area contributed by atoms with Gasteiger partial charge in [0.25, 0.3) is 5.91 Å².